The Balaban J connectivity index is 1.45. The van der Waals surface area contributed by atoms with E-state index in [4.69, 9.17) is 0 Å². The van der Waals surface area contributed by atoms with Gasteiger partial charge in [-0.1, -0.05) is 17.3 Å². The third kappa shape index (κ3) is 3.86. The van der Waals surface area contributed by atoms with Crippen LogP contribution in [-0.2, 0) is 17.9 Å². The Morgan fingerprint density at radius 3 is 2.97 bits per heavy atom. The molecule has 0 radical (unpaired) electrons. The number of aromatic nitrogens is 4. The second-order valence-corrected chi connectivity index (χ2v) is 6.87. The van der Waals surface area contributed by atoms with Crippen LogP contribution in [-0.4, -0.2) is 39.5 Å². The number of anilines is 3. The number of carbonyl (C=O) groups is 1. The van der Waals surface area contributed by atoms with E-state index in [9.17, 15) is 13.6 Å². The van der Waals surface area contributed by atoms with Crippen molar-refractivity contribution in [1.29, 1.82) is 0 Å². The van der Waals surface area contributed by atoms with E-state index in [1.165, 1.54) is 16.8 Å². The minimum absolute atomic E-state index is 0.0723. The van der Waals surface area contributed by atoms with Gasteiger partial charge in [0.2, 0.25) is 5.91 Å². The van der Waals surface area contributed by atoms with Crippen LogP contribution in [0.3, 0.4) is 0 Å². The monoisotopic (exact) mass is 399 g/mol. The first-order valence-electron chi connectivity index (χ1n) is 8.99. The summed E-state index contributed by atoms with van der Waals surface area (Å²) in [4.78, 5) is 18.0. The molecule has 0 aliphatic carbocycles. The number of halogens is 2. The van der Waals surface area contributed by atoms with Crippen molar-refractivity contribution in [2.45, 2.75) is 20.0 Å². The summed E-state index contributed by atoms with van der Waals surface area (Å²) in [7, 11) is 1.85. The number of pyridine rings is 1. The van der Waals surface area contributed by atoms with Gasteiger partial charge in [-0.05, 0) is 13.0 Å². The van der Waals surface area contributed by atoms with E-state index in [0.29, 0.717) is 29.4 Å². The van der Waals surface area contributed by atoms with E-state index in [2.05, 4.69) is 25.9 Å². The number of aryl methyl sites for hydroxylation is 1. The molecule has 0 bridgehead atoms. The molecule has 0 saturated heterocycles. The number of hydrogen-bond acceptors (Lipinski definition) is 6. The van der Waals surface area contributed by atoms with E-state index < -0.39 is 11.6 Å². The summed E-state index contributed by atoms with van der Waals surface area (Å²) in [6.45, 7) is 2.54. The van der Waals surface area contributed by atoms with Gasteiger partial charge in [0, 0.05) is 18.7 Å². The van der Waals surface area contributed by atoms with Crippen molar-refractivity contribution in [2.24, 2.45) is 0 Å². The molecule has 3 heterocycles. The molecule has 150 valence electrons. The maximum Gasteiger partial charge on any atom is 0.243 e. The molecule has 29 heavy (non-hydrogen) atoms. The number of rotatable bonds is 5. The van der Waals surface area contributed by atoms with Crippen LogP contribution in [0.15, 0.2) is 30.5 Å². The molecule has 8 nitrogen and oxygen atoms in total. The van der Waals surface area contributed by atoms with Crippen molar-refractivity contribution >= 4 is 23.1 Å². The number of likely N-dealkylation sites (N-methyl/N-ethyl adjacent to an activating group) is 1. The standard InChI is InChI=1S/C19H19F2N7O/c1-11-19-15(27(2)10-17(29)24-19)6-16(23-11)22-7-13-9-28(26-25-13)8-12-4-3-5-14(20)18(12)21/h3-6,9H,7-8,10H2,1-2H3,(H,22,23)(H,24,29). The number of hydrogen-bond donors (Lipinski definition) is 2. The van der Waals surface area contributed by atoms with Gasteiger partial charge in [0.1, 0.15) is 11.5 Å². The number of fused-ring (bicyclic) bond motifs is 1. The molecule has 2 N–H and O–H groups in total. The highest BCUT2D eigenvalue weighted by Gasteiger charge is 2.22. The summed E-state index contributed by atoms with van der Waals surface area (Å²) in [6.07, 6.45) is 1.66. The fourth-order valence-corrected chi connectivity index (χ4v) is 3.20. The third-order valence-corrected chi connectivity index (χ3v) is 4.64. The molecule has 0 saturated carbocycles. The predicted octanol–water partition coefficient (Wildman–Crippen LogP) is 2.31. The zero-order valence-corrected chi connectivity index (χ0v) is 15.9. The first kappa shape index (κ1) is 18.8. The highest BCUT2D eigenvalue weighted by atomic mass is 19.2. The van der Waals surface area contributed by atoms with Gasteiger partial charge in [-0.15, -0.1) is 5.10 Å². The van der Waals surface area contributed by atoms with Crippen LogP contribution in [0.25, 0.3) is 0 Å². The highest BCUT2D eigenvalue weighted by molar-refractivity contribution is 6.02. The van der Waals surface area contributed by atoms with Gasteiger partial charge in [0.15, 0.2) is 11.6 Å². The number of amides is 1. The van der Waals surface area contributed by atoms with Gasteiger partial charge in [0.25, 0.3) is 0 Å². The Kier molecular flexibility index (Phi) is 4.83. The molecule has 1 aliphatic rings. The third-order valence-electron chi connectivity index (χ3n) is 4.64. The Hall–Kier alpha value is -3.56. The lowest BCUT2D eigenvalue weighted by Gasteiger charge is -2.28. The zero-order chi connectivity index (χ0) is 20.5. The molecule has 2 aromatic heterocycles. The van der Waals surface area contributed by atoms with Crippen LogP contribution < -0.4 is 15.5 Å². The lowest BCUT2D eigenvalue weighted by molar-refractivity contribution is -0.115. The molecule has 3 aromatic rings. The van der Waals surface area contributed by atoms with E-state index >= 15 is 0 Å². The first-order chi connectivity index (χ1) is 13.9. The predicted molar refractivity (Wildman–Crippen MR) is 104 cm³/mol. The Morgan fingerprint density at radius 2 is 2.14 bits per heavy atom. The van der Waals surface area contributed by atoms with Gasteiger partial charge in [-0.3, -0.25) is 4.79 Å². The minimum atomic E-state index is -0.889. The molecular formula is C19H19F2N7O. The Bertz CT molecular complexity index is 1080. The van der Waals surface area contributed by atoms with E-state index in [1.807, 2.05) is 24.9 Å². The summed E-state index contributed by atoms with van der Waals surface area (Å²) >= 11 is 0. The van der Waals surface area contributed by atoms with Crippen LogP contribution in [0.4, 0.5) is 26.0 Å². The number of carbonyl (C=O) groups excluding carboxylic acids is 1. The summed E-state index contributed by atoms with van der Waals surface area (Å²) in [6, 6.07) is 5.89. The molecule has 0 spiro atoms. The fourth-order valence-electron chi connectivity index (χ4n) is 3.20. The topological polar surface area (TPSA) is 88.0 Å². The van der Waals surface area contributed by atoms with Crippen molar-refractivity contribution < 1.29 is 13.6 Å². The van der Waals surface area contributed by atoms with Crippen molar-refractivity contribution in [3.05, 3.63) is 59.0 Å². The largest absolute Gasteiger partial charge is 0.364 e. The molecule has 0 fully saturated rings. The highest BCUT2D eigenvalue weighted by Crippen LogP contribution is 2.32. The van der Waals surface area contributed by atoms with Crippen molar-refractivity contribution in [3.8, 4) is 0 Å². The van der Waals surface area contributed by atoms with Crippen LogP contribution in [0, 0.1) is 18.6 Å². The minimum Gasteiger partial charge on any atom is -0.364 e. The summed E-state index contributed by atoms with van der Waals surface area (Å²) in [5.74, 6) is -1.21. The summed E-state index contributed by atoms with van der Waals surface area (Å²) < 4.78 is 28.6. The molecule has 1 amide bonds. The van der Waals surface area contributed by atoms with E-state index in [1.54, 1.807) is 6.20 Å². The molecule has 1 aromatic carbocycles. The van der Waals surface area contributed by atoms with Crippen molar-refractivity contribution in [3.63, 3.8) is 0 Å². The molecule has 4 rings (SSSR count). The molecular weight excluding hydrogens is 380 g/mol. The van der Waals surface area contributed by atoms with Crippen LogP contribution in [0.2, 0.25) is 0 Å². The average Bonchev–Trinajstić information content (AvgIpc) is 3.12. The van der Waals surface area contributed by atoms with Gasteiger partial charge in [-0.2, -0.15) is 0 Å². The van der Waals surface area contributed by atoms with Crippen molar-refractivity contribution in [2.75, 3.05) is 29.1 Å². The van der Waals surface area contributed by atoms with Gasteiger partial charge < -0.3 is 15.5 Å². The maximum atomic E-state index is 13.8. The molecule has 0 unspecified atom stereocenters. The van der Waals surface area contributed by atoms with Crippen LogP contribution >= 0.6 is 0 Å². The SMILES string of the molecule is Cc1nc(NCc2cn(Cc3cccc(F)c3F)nn2)cc2c1NC(=O)CN2C. The fraction of sp³-hybridized carbons (Fsp3) is 0.263. The average molecular weight is 399 g/mol. The lowest BCUT2D eigenvalue weighted by atomic mass is 10.2. The summed E-state index contributed by atoms with van der Waals surface area (Å²) in [5.41, 5.74) is 3.12. The van der Waals surface area contributed by atoms with Crippen molar-refractivity contribution in [1.82, 2.24) is 20.0 Å². The smallest absolute Gasteiger partial charge is 0.243 e. The number of nitrogens with zero attached hydrogens (tertiary/aromatic N) is 5. The van der Waals surface area contributed by atoms with E-state index in [0.717, 1.165) is 11.8 Å². The Morgan fingerprint density at radius 1 is 1.31 bits per heavy atom. The van der Waals surface area contributed by atoms with E-state index in [-0.39, 0.29) is 24.6 Å². The van der Waals surface area contributed by atoms with Gasteiger partial charge in [0.05, 0.1) is 42.9 Å². The van der Waals surface area contributed by atoms with Gasteiger partial charge >= 0.3 is 0 Å². The van der Waals surface area contributed by atoms with Crippen LogP contribution in [0.5, 0.6) is 0 Å². The maximum absolute atomic E-state index is 13.8. The zero-order valence-electron chi connectivity index (χ0n) is 15.9. The van der Waals surface area contributed by atoms with Gasteiger partial charge in [-0.25, -0.2) is 18.4 Å². The second-order valence-electron chi connectivity index (χ2n) is 6.87. The molecule has 1 aliphatic heterocycles. The Labute approximate surface area is 165 Å². The van der Waals surface area contributed by atoms with Crippen LogP contribution in [0.1, 0.15) is 17.0 Å². The lowest BCUT2D eigenvalue weighted by Crippen LogP contribution is -2.36. The number of nitrogens with one attached hydrogen (secondary N) is 2. The number of benzene rings is 1. The quantitative estimate of drug-likeness (QED) is 0.685. The normalized spacial score (nSPS) is 13.2. The molecule has 10 heteroatoms. The molecule has 0 atom stereocenters. The second kappa shape index (κ2) is 7.46. The summed E-state index contributed by atoms with van der Waals surface area (Å²) in [5, 5.41) is 14.0. The first-order valence-corrected chi connectivity index (χ1v) is 8.99.